The largest absolute Gasteiger partial charge is 0.504 e. The van der Waals surface area contributed by atoms with Gasteiger partial charge < -0.3 is 29.2 Å². The molecule has 38 heavy (non-hydrogen) atoms. The minimum atomic E-state index is -0.556. The second-order valence-corrected chi connectivity index (χ2v) is 7.90. The van der Waals surface area contributed by atoms with Crippen molar-refractivity contribution in [2.75, 3.05) is 28.4 Å². The number of hydrogen-bond donors (Lipinski definition) is 2. The maximum absolute atomic E-state index is 13.3. The van der Waals surface area contributed by atoms with Gasteiger partial charge in [-0.3, -0.25) is 9.59 Å². The Hall–Kier alpha value is -4.98. The highest BCUT2D eigenvalue weighted by Gasteiger charge is 2.17. The van der Waals surface area contributed by atoms with E-state index in [1.54, 1.807) is 42.5 Å². The standard InChI is InChI=1S/C30H28O8/c1-35-27-7-5-6-21(30(27)38-4)18-22(23(31)12-8-19-10-14-25(33)28(16-19)36-2)24(32)13-9-20-11-15-26(34)29(17-20)37-3/h5-18,33-34H,1-4H3/b12-8+,13-9+. The van der Waals surface area contributed by atoms with Crippen LogP contribution in [0.4, 0.5) is 0 Å². The predicted molar refractivity (Wildman–Crippen MR) is 145 cm³/mol. The summed E-state index contributed by atoms with van der Waals surface area (Å²) in [5.41, 5.74) is 1.53. The van der Waals surface area contributed by atoms with E-state index in [0.29, 0.717) is 28.2 Å². The lowest BCUT2D eigenvalue weighted by Crippen LogP contribution is -2.09. The SMILES string of the molecule is COc1cc(/C=C/C(=O)C(=Cc2cccc(OC)c2OC)C(=O)/C=C/c2ccc(O)c(OC)c2)ccc1O. The molecule has 8 heteroatoms. The number of ketones is 2. The van der Waals surface area contributed by atoms with Crippen LogP contribution in [0.15, 0.2) is 72.3 Å². The lowest BCUT2D eigenvalue weighted by molar-refractivity contribution is -0.116. The lowest BCUT2D eigenvalue weighted by atomic mass is 10.00. The Morgan fingerprint density at radius 1 is 0.658 bits per heavy atom. The topological polar surface area (TPSA) is 112 Å². The number of ether oxygens (including phenoxy) is 4. The van der Waals surface area contributed by atoms with Gasteiger partial charge in [0, 0.05) is 5.56 Å². The predicted octanol–water partition coefficient (Wildman–Crippen LogP) is 5.08. The van der Waals surface area contributed by atoms with Crippen molar-refractivity contribution in [3.63, 3.8) is 0 Å². The Labute approximate surface area is 220 Å². The number of rotatable bonds is 11. The third-order valence-electron chi connectivity index (χ3n) is 5.53. The molecule has 0 fully saturated rings. The molecular formula is C30H28O8. The smallest absolute Gasteiger partial charge is 0.189 e. The van der Waals surface area contributed by atoms with Crippen molar-refractivity contribution in [2.24, 2.45) is 0 Å². The van der Waals surface area contributed by atoms with Gasteiger partial charge in [-0.25, -0.2) is 0 Å². The normalized spacial score (nSPS) is 10.8. The molecule has 2 N–H and O–H groups in total. The van der Waals surface area contributed by atoms with Crippen LogP contribution >= 0.6 is 0 Å². The maximum atomic E-state index is 13.3. The van der Waals surface area contributed by atoms with E-state index in [2.05, 4.69) is 0 Å². The van der Waals surface area contributed by atoms with Crippen LogP contribution in [0.3, 0.4) is 0 Å². The summed E-state index contributed by atoms with van der Waals surface area (Å²) in [6.45, 7) is 0. The third kappa shape index (κ3) is 6.61. The first-order valence-corrected chi connectivity index (χ1v) is 11.4. The maximum Gasteiger partial charge on any atom is 0.189 e. The van der Waals surface area contributed by atoms with Gasteiger partial charge in [0.25, 0.3) is 0 Å². The minimum Gasteiger partial charge on any atom is -0.504 e. The van der Waals surface area contributed by atoms with E-state index in [-0.39, 0.29) is 28.6 Å². The molecule has 0 aromatic heterocycles. The first-order valence-electron chi connectivity index (χ1n) is 11.4. The van der Waals surface area contributed by atoms with Gasteiger partial charge in [0.1, 0.15) is 0 Å². The summed E-state index contributed by atoms with van der Waals surface area (Å²) in [6, 6.07) is 14.4. The third-order valence-corrected chi connectivity index (χ3v) is 5.53. The summed E-state index contributed by atoms with van der Waals surface area (Å²) in [5.74, 6) is 0.131. The fourth-order valence-corrected chi connectivity index (χ4v) is 3.56. The molecule has 0 spiro atoms. The van der Waals surface area contributed by atoms with E-state index >= 15 is 0 Å². The number of allylic oxidation sites excluding steroid dienone is 3. The van der Waals surface area contributed by atoms with E-state index < -0.39 is 11.6 Å². The van der Waals surface area contributed by atoms with E-state index in [1.807, 2.05) is 0 Å². The zero-order valence-corrected chi connectivity index (χ0v) is 21.4. The van der Waals surface area contributed by atoms with Gasteiger partial charge in [-0.2, -0.15) is 0 Å². The number of phenolic OH excluding ortho intramolecular Hbond substituents is 2. The molecule has 196 valence electrons. The molecule has 0 radical (unpaired) electrons. The molecular weight excluding hydrogens is 488 g/mol. The van der Waals surface area contributed by atoms with Crippen molar-refractivity contribution in [3.8, 4) is 34.5 Å². The number of hydrogen-bond acceptors (Lipinski definition) is 8. The Balaban J connectivity index is 2.02. The van der Waals surface area contributed by atoms with Crippen molar-refractivity contribution < 1.29 is 38.7 Å². The van der Waals surface area contributed by atoms with E-state index in [9.17, 15) is 19.8 Å². The van der Waals surface area contributed by atoms with Gasteiger partial charge in [-0.15, -0.1) is 0 Å². The number of aromatic hydroxyl groups is 2. The summed E-state index contributed by atoms with van der Waals surface area (Å²) in [4.78, 5) is 26.6. The molecule has 0 aliphatic heterocycles. The summed E-state index contributed by atoms with van der Waals surface area (Å²) in [6.07, 6.45) is 7.00. The van der Waals surface area contributed by atoms with Crippen molar-refractivity contribution in [2.45, 2.75) is 0 Å². The quantitative estimate of drug-likeness (QED) is 0.206. The minimum absolute atomic E-state index is 0.0344. The van der Waals surface area contributed by atoms with Gasteiger partial charge >= 0.3 is 0 Å². The van der Waals surface area contributed by atoms with E-state index in [4.69, 9.17) is 18.9 Å². The van der Waals surface area contributed by atoms with Crippen LogP contribution in [0.2, 0.25) is 0 Å². The van der Waals surface area contributed by atoms with Crippen LogP contribution in [-0.2, 0) is 9.59 Å². The fraction of sp³-hybridized carbons (Fsp3) is 0.133. The summed E-state index contributed by atoms with van der Waals surface area (Å²) in [5, 5.41) is 19.6. The van der Waals surface area contributed by atoms with E-state index in [1.165, 1.54) is 71.0 Å². The number of benzene rings is 3. The molecule has 0 atom stereocenters. The van der Waals surface area contributed by atoms with Gasteiger partial charge in [-0.05, 0) is 59.7 Å². The van der Waals surface area contributed by atoms with Crippen LogP contribution in [0.5, 0.6) is 34.5 Å². The molecule has 0 aliphatic carbocycles. The molecule has 3 aromatic carbocycles. The molecule has 3 rings (SSSR count). The van der Waals surface area contributed by atoms with Crippen molar-refractivity contribution in [3.05, 3.63) is 89.0 Å². The van der Waals surface area contributed by atoms with Gasteiger partial charge in [0.15, 0.2) is 46.1 Å². The number of carbonyl (C=O) groups is 2. The Morgan fingerprint density at radius 2 is 1.16 bits per heavy atom. The molecule has 0 aliphatic rings. The van der Waals surface area contributed by atoms with Crippen LogP contribution in [0, 0.1) is 0 Å². The lowest BCUT2D eigenvalue weighted by Gasteiger charge is -2.11. The Bertz CT molecular complexity index is 1340. The highest BCUT2D eigenvalue weighted by Crippen LogP contribution is 2.33. The van der Waals surface area contributed by atoms with Gasteiger partial charge in [0.05, 0.1) is 34.0 Å². The number of carbonyl (C=O) groups excluding carboxylic acids is 2. The average molecular weight is 517 g/mol. The monoisotopic (exact) mass is 516 g/mol. The second-order valence-electron chi connectivity index (χ2n) is 7.90. The number of methoxy groups -OCH3 is 4. The molecule has 0 saturated heterocycles. The highest BCUT2D eigenvalue weighted by molar-refractivity contribution is 6.31. The Morgan fingerprint density at radius 3 is 1.61 bits per heavy atom. The zero-order valence-electron chi connectivity index (χ0n) is 21.4. The highest BCUT2D eigenvalue weighted by atomic mass is 16.5. The summed E-state index contributed by atoms with van der Waals surface area (Å²) >= 11 is 0. The number of phenols is 2. The zero-order chi connectivity index (χ0) is 27.7. The molecule has 0 amide bonds. The molecule has 0 unspecified atom stereocenters. The average Bonchev–Trinajstić information content (AvgIpc) is 2.94. The molecule has 0 heterocycles. The molecule has 0 bridgehead atoms. The number of para-hydroxylation sites is 1. The van der Waals surface area contributed by atoms with Crippen molar-refractivity contribution in [1.82, 2.24) is 0 Å². The first-order chi connectivity index (χ1) is 18.3. The van der Waals surface area contributed by atoms with Crippen LogP contribution in [0.1, 0.15) is 16.7 Å². The van der Waals surface area contributed by atoms with Gasteiger partial charge in [-0.1, -0.05) is 36.4 Å². The van der Waals surface area contributed by atoms with Gasteiger partial charge in [0.2, 0.25) is 0 Å². The Kier molecular flexibility index (Phi) is 9.31. The molecule has 3 aromatic rings. The summed E-state index contributed by atoms with van der Waals surface area (Å²) < 4.78 is 21.0. The van der Waals surface area contributed by atoms with Crippen LogP contribution < -0.4 is 18.9 Å². The second kappa shape index (κ2) is 12.8. The fourth-order valence-electron chi connectivity index (χ4n) is 3.56. The van der Waals surface area contributed by atoms with Crippen molar-refractivity contribution in [1.29, 1.82) is 0 Å². The molecule has 0 saturated carbocycles. The van der Waals surface area contributed by atoms with E-state index in [0.717, 1.165) is 0 Å². The van der Waals surface area contributed by atoms with Crippen molar-refractivity contribution >= 4 is 29.8 Å². The summed E-state index contributed by atoms with van der Waals surface area (Å²) in [7, 11) is 5.80. The van der Waals surface area contributed by atoms with Crippen LogP contribution in [0.25, 0.3) is 18.2 Å². The molecule has 8 nitrogen and oxygen atoms in total. The first kappa shape index (κ1) is 27.6. The van der Waals surface area contributed by atoms with Crippen LogP contribution in [-0.4, -0.2) is 50.2 Å².